The summed E-state index contributed by atoms with van der Waals surface area (Å²) in [5.41, 5.74) is 5.02. The smallest absolute Gasteiger partial charge is 0.256 e. The predicted octanol–water partition coefficient (Wildman–Crippen LogP) is 4.03. The number of anilines is 1. The molecule has 0 aliphatic carbocycles. The monoisotopic (exact) mass is 421 g/mol. The lowest BCUT2D eigenvalue weighted by Gasteiger charge is -2.31. The second-order valence-electron chi connectivity index (χ2n) is 7.78. The molecule has 1 aliphatic heterocycles. The van der Waals surface area contributed by atoms with Gasteiger partial charge in [0.25, 0.3) is 5.91 Å². The molecule has 0 fully saturated rings. The van der Waals surface area contributed by atoms with Gasteiger partial charge in [0.05, 0.1) is 0 Å². The Hall–Kier alpha value is -4.06. The maximum absolute atomic E-state index is 13.1. The maximum atomic E-state index is 13.1. The predicted molar refractivity (Wildman–Crippen MR) is 124 cm³/mol. The molecule has 2 aromatic carbocycles. The molecule has 0 unspecified atom stereocenters. The highest BCUT2D eigenvalue weighted by Crippen LogP contribution is 2.27. The van der Waals surface area contributed by atoms with Gasteiger partial charge in [-0.2, -0.15) is 0 Å². The lowest BCUT2D eigenvalue weighted by molar-refractivity contribution is 0.0950. The topological polar surface area (TPSA) is 71.0 Å². The van der Waals surface area contributed by atoms with E-state index in [0.29, 0.717) is 30.3 Å². The minimum atomic E-state index is -0.185. The number of fused-ring (bicyclic) bond motifs is 1. The number of carbonyl (C=O) groups excluding carboxylic acids is 1. The van der Waals surface area contributed by atoms with Crippen LogP contribution in [-0.2, 0) is 19.5 Å². The van der Waals surface area contributed by atoms with Gasteiger partial charge in [-0.15, -0.1) is 0 Å². The van der Waals surface area contributed by atoms with E-state index in [4.69, 9.17) is 4.98 Å². The number of amides is 1. The Balaban J connectivity index is 1.48. The van der Waals surface area contributed by atoms with Crippen molar-refractivity contribution >= 4 is 11.7 Å². The Morgan fingerprint density at radius 3 is 2.50 bits per heavy atom. The molecule has 5 rings (SSSR count). The summed E-state index contributed by atoms with van der Waals surface area (Å²) in [5, 5.41) is 3.00. The molecule has 0 saturated heterocycles. The zero-order chi connectivity index (χ0) is 21.8. The van der Waals surface area contributed by atoms with Gasteiger partial charge in [0.15, 0.2) is 5.82 Å². The Kier molecular flexibility index (Phi) is 5.58. The van der Waals surface area contributed by atoms with Crippen molar-refractivity contribution in [2.75, 3.05) is 11.4 Å². The Labute approximate surface area is 187 Å². The van der Waals surface area contributed by atoms with E-state index in [-0.39, 0.29) is 5.91 Å². The highest BCUT2D eigenvalue weighted by Gasteiger charge is 2.24. The molecule has 1 N–H and O–H groups in total. The fraction of sp³-hybridized carbons (Fsp3) is 0.154. The number of hydrogen-bond acceptors (Lipinski definition) is 5. The van der Waals surface area contributed by atoms with Crippen LogP contribution in [-0.4, -0.2) is 27.4 Å². The molecule has 2 aromatic heterocycles. The van der Waals surface area contributed by atoms with Crippen LogP contribution in [0.2, 0.25) is 0 Å². The lowest BCUT2D eigenvalue weighted by atomic mass is 9.99. The largest absolute Gasteiger partial charge is 0.351 e. The molecule has 1 amide bonds. The van der Waals surface area contributed by atoms with Crippen LogP contribution in [0.4, 0.5) is 5.82 Å². The SMILES string of the molecule is O=C(NCc1ccncc1)c1cnc(-c2ccccc2)nc1N1CCc2ccccc2C1. The summed E-state index contributed by atoms with van der Waals surface area (Å²) >= 11 is 0. The van der Waals surface area contributed by atoms with Crippen molar-refractivity contribution in [3.8, 4) is 11.4 Å². The Morgan fingerprint density at radius 1 is 0.938 bits per heavy atom. The van der Waals surface area contributed by atoms with Gasteiger partial charge < -0.3 is 10.2 Å². The number of nitrogens with one attached hydrogen (secondary N) is 1. The number of nitrogens with zero attached hydrogens (tertiary/aromatic N) is 4. The third kappa shape index (κ3) is 4.21. The van der Waals surface area contributed by atoms with E-state index in [1.807, 2.05) is 42.5 Å². The van der Waals surface area contributed by atoms with E-state index in [1.165, 1.54) is 11.1 Å². The van der Waals surface area contributed by atoms with Crippen molar-refractivity contribution in [3.63, 3.8) is 0 Å². The summed E-state index contributed by atoms with van der Waals surface area (Å²) in [4.78, 5) is 28.7. The average molecular weight is 422 g/mol. The molecule has 3 heterocycles. The molecule has 0 radical (unpaired) electrons. The van der Waals surface area contributed by atoms with Gasteiger partial charge in [-0.05, 0) is 35.2 Å². The third-order valence-corrected chi connectivity index (χ3v) is 5.68. The minimum Gasteiger partial charge on any atom is -0.351 e. The van der Waals surface area contributed by atoms with Crippen molar-refractivity contribution in [3.05, 3.63) is 108 Å². The number of hydrogen-bond donors (Lipinski definition) is 1. The molecular formula is C26H23N5O. The first-order valence-corrected chi connectivity index (χ1v) is 10.7. The van der Waals surface area contributed by atoms with Crippen LogP contribution in [0, 0.1) is 0 Å². The number of benzene rings is 2. The molecule has 0 atom stereocenters. The molecule has 158 valence electrons. The quantitative estimate of drug-likeness (QED) is 0.527. The molecule has 32 heavy (non-hydrogen) atoms. The van der Waals surface area contributed by atoms with Crippen molar-refractivity contribution in [1.82, 2.24) is 20.3 Å². The van der Waals surface area contributed by atoms with Gasteiger partial charge in [-0.3, -0.25) is 9.78 Å². The number of pyridine rings is 1. The molecule has 0 bridgehead atoms. The van der Waals surface area contributed by atoms with Crippen LogP contribution in [0.25, 0.3) is 11.4 Å². The van der Waals surface area contributed by atoms with Crippen LogP contribution in [0.1, 0.15) is 27.0 Å². The second-order valence-corrected chi connectivity index (χ2v) is 7.78. The first-order chi connectivity index (χ1) is 15.8. The van der Waals surface area contributed by atoms with Crippen LogP contribution in [0.15, 0.2) is 85.3 Å². The molecule has 0 spiro atoms. The van der Waals surface area contributed by atoms with Crippen LogP contribution in [0.5, 0.6) is 0 Å². The standard InChI is InChI=1S/C26H23N5O/c32-26(29-16-19-10-13-27-14-11-19)23-17-28-24(21-7-2-1-3-8-21)30-25(23)31-15-12-20-6-4-5-9-22(20)18-31/h1-11,13-14,17H,12,15-16,18H2,(H,29,32). The van der Waals surface area contributed by atoms with Crippen LogP contribution in [0.3, 0.4) is 0 Å². The van der Waals surface area contributed by atoms with Gasteiger partial charge in [0.2, 0.25) is 0 Å². The van der Waals surface area contributed by atoms with Crippen molar-refractivity contribution in [2.45, 2.75) is 19.5 Å². The van der Waals surface area contributed by atoms with Crippen molar-refractivity contribution in [1.29, 1.82) is 0 Å². The van der Waals surface area contributed by atoms with E-state index in [2.05, 4.69) is 44.5 Å². The van der Waals surface area contributed by atoms with E-state index >= 15 is 0 Å². The first-order valence-electron chi connectivity index (χ1n) is 10.7. The summed E-state index contributed by atoms with van der Waals surface area (Å²) in [6.45, 7) is 1.93. The number of carbonyl (C=O) groups is 1. The number of aromatic nitrogens is 3. The van der Waals surface area contributed by atoms with E-state index in [9.17, 15) is 4.79 Å². The molecule has 0 saturated carbocycles. The van der Waals surface area contributed by atoms with Gasteiger partial charge >= 0.3 is 0 Å². The Morgan fingerprint density at radius 2 is 1.69 bits per heavy atom. The van der Waals surface area contributed by atoms with E-state index in [1.54, 1.807) is 18.6 Å². The second kappa shape index (κ2) is 8.98. The zero-order valence-electron chi connectivity index (χ0n) is 17.6. The maximum Gasteiger partial charge on any atom is 0.256 e. The number of rotatable bonds is 5. The fourth-order valence-corrected chi connectivity index (χ4v) is 3.96. The Bertz CT molecular complexity index is 1230. The van der Waals surface area contributed by atoms with Crippen LogP contribution >= 0.6 is 0 Å². The summed E-state index contributed by atoms with van der Waals surface area (Å²) < 4.78 is 0. The van der Waals surface area contributed by atoms with E-state index in [0.717, 1.165) is 24.1 Å². The van der Waals surface area contributed by atoms with Crippen molar-refractivity contribution in [2.24, 2.45) is 0 Å². The normalized spacial score (nSPS) is 12.8. The van der Waals surface area contributed by atoms with Crippen molar-refractivity contribution < 1.29 is 4.79 Å². The van der Waals surface area contributed by atoms with Gasteiger partial charge in [-0.1, -0.05) is 54.6 Å². The summed E-state index contributed by atoms with van der Waals surface area (Å²) in [7, 11) is 0. The van der Waals surface area contributed by atoms with E-state index < -0.39 is 0 Å². The van der Waals surface area contributed by atoms with Gasteiger partial charge in [-0.25, -0.2) is 9.97 Å². The molecular weight excluding hydrogens is 398 g/mol. The third-order valence-electron chi connectivity index (χ3n) is 5.68. The first kappa shape index (κ1) is 19.9. The lowest BCUT2D eigenvalue weighted by Crippen LogP contribution is -2.34. The summed E-state index contributed by atoms with van der Waals surface area (Å²) in [6, 6.07) is 22.1. The summed E-state index contributed by atoms with van der Waals surface area (Å²) in [6.07, 6.45) is 6.00. The minimum absolute atomic E-state index is 0.185. The molecule has 6 nitrogen and oxygen atoms in total. The highest BCUT2D eigenvalue weighted by atomic mass is 16.1. The fourth-order valence-electron chi connectivity index (χ4n) is 3.96. The van der Waals surface area contributed by atoms with Gasteiger partial charge in [0, 0.05) is 43.8 Å². The molecule has 4 aromatic rings. The molecule has 6 heteroatoms. The van der Waals surface area contributed by atoms with Gasteiger partial charge in [0.1, 0.15) is 11.4 Å². The summed E-state index contributed by atoms with van der Waals surface area (Å²) in [5.74, 6) is 1.10. The zero-order valence-corrected chi connectivity index (χ0v) is 17.6. The highest BCUT2D eigenvalue weighted by molar-refractivity contribution is 5.99. The molecule has 1 aliphatic rings. The average Bonchev–Trinajstić information content (AvgIpc) is 2.88. The van der Waals surface area contributed by atoms with Crippen LogP contribution < -0.4 is 10.2 Å².